The van der Waals surface area contributed by atoms with Gasteiger partial charge in [-0.2, -0.15) is 0 Å². The highest BCUT2D eigenvalue weighted by molar-refractivity contribution is 7.27. The summed E-state index contributed by atoms with van der Waals surface area (Å²) < 4.78 is 0. The van der Waals surface area contributed by atoms with Gasteiger partial charge in [-0.05, 0) is 48.2 Å². The average Bonchev–Trinajstić information content (AvgIpc) is 3.06. The molecule has 1 aromatic carbocycles. The minimum Gasteiger partial charge on any atom is -0.353 e. The third kappa shape index (κ3) is 3.48. The predicted octanol–water partition coefficient (Wildman–Crippen LogP) is 2.65. The molecule has 4 heteroatoms. The molecule has 0 radical (unpaired) electrons. The van der Waals surface area contributed by atoms with Crippen LogP contribution in [0.15, 0.2) is 42.6 Å². The number of anilines is 1. The van der Waals surface area contributed by atoms with Crippen molar-refractivity contribution in [2.75, 3.05) is 31.1 Å². The maximum atomic E-state index is 4.63. The maximum absolute atomic E-state index is 4.63. The molecule has 0 saturated carbocycles. The molecule has 1 fully saturated rings. The molecule has 0 amide bonds. The lowest BCUT2D eigenvalue weighted by Crippen LogP contribution is -2.45. The summed E-state index contributed by atoms with van der Waals surface area (Å²) in [6.45, 7) is 4.76. The maximum Gasteiger partial charge on any atom is 0.132 e. The fraction of sp³-hybridized carbons (Fsp3) is 0.450. The van der Waals surface area contributed by atoms with Gasteiger partial charge in [0.2, 0.25) is 0 Å². The Morgan fingerprint density at radius 3 is 2.62 bits per heavy atom. The second kappa shape index (κ2) is 7.21. The molecular weight excluding hydrogens is 313 g/mol. The Morgan fingerprint density at radius 1 is 1.04 bits per heavy atom. The van der Waals surface area contributed by atoms with Crippen LogP contribution in [0.5, 0.6) is 0 Å². The lowest BCUT2D eigenvalue weighted by atomic mass is 10.0. The van der Waals surface area contributed by atoms with Crippen molar-refractivity contribution in [1.82, 2.24) is 9.88 Å². The van der Waals surface area contributed by atoms with Gasteiger partial charge in [0, 0.05) is 38.4 Å². The Labute approximate surface area is 147 Å². The number of hydrogen-bond donors (Lipinski definition) is 0. The average molecular weight is 339 g/mol. The molecule has 2 aliphatic rings. The van der Waals surface area contributed by atoms with Crippen molar-refractivity contribution < 1.29 is 0 Å². The molecule has 24 heavy (non-hydrogen) atoms. The fourth-order valence-corrected chi connectivity index (χ4v) is 4.20. The van der Waals surface area contributed by atoms with Gasteiger partial charge in [0.15, 0.2) is 0 Å². The van der Waals surface area contributed by atoms with E-state index in [0.29, 0.717) is 6.04 Å². The molecular formula is C20H26N3P. The number of piperidine rings is 1. The Kier molecular flexibility index (Phi) is 4.82. The van der Waals surface area contributed by atoms with Crippen molar-refractivity contribution in [3.63, 3.8) is 0 Å². The van der Waals surface area contributed by atoms with Crippen LogP contribution >= 0.6 is 9.24 Å². The van der Waals surface area contributed by atoms with Gasteiger partial charge in [0.1, 0.15) is 5.82 Å². The summed E-state index contributed by atoms with van der Waals surface area (Å²) >= 11 is 0. The normalized spacial score (nSPS) is 18.8. The Hall–Kier alpha value is -1.44. The second-order valence-electron chi connectivity index (χ2n) is 6.99. The number of fused-ring (bicyclic) bond motifs is 1. The zero-order valence-electron chi connectivity index (χ0n) is 14.2. The molecule has 2 aliphatic heterocycles. The lowest BCUT2D eigenvalue weighted by Gasteiger charge is -2.37. The predicted molar refractivity (Wildman–Crippen MR) is 104 cm³/mol. The van der Waals surface area contributed by atoms with E-state index >= 15 is 0 Å². The molecule has 0 bridgehead atoms. The number of aromatic nitrogens is 1. The number of rotatable bonds is 4. The molecule has 1 unspecified atom stereocenters. The van der Waals surface area contributed by atoms with Crippen molar-refractivity contribution in [2.24, 2.45) is 0 Å². The van der Waals surface area contributed by atoms with Crippen molar-refractivity contribution in [3.05, 3.63) is 53.7 Å². The molecule has 1 saturated heterocycles. The van der Waals surface area contributed by atoms with Gasteiger partial charge in [-0.1, -0.05) is 30.3 Å². The number of pyridine rings is 1. The van der Waals surface area contributed by atoms with Crippen molar-refractivity contribution in [3.8, 4) is 0 Å². The molecule has 3 nitrogen and oxygen atoms in total. The van der Waals surface area contributed by atoms with Crippen LogP contribution < -0.4 is 10.2 Å². The van der Waals surface area contributed by atoms with Crippen LogP contribution in [0.1, 0.15) is 24.0 Å². The van der Waals surface area contributed by atoms with E-state index in [9.17, 15) is 0 Å². The summed E-state index contributed by atoms with van der Waals surface area (Å²) in [4.78, 5) is 9.81. The number of hydrogen-bond acceptors (Lipinski definition) is 3. The third-order valence-corrected chi connectivity index (χ3v) is 5.84. The smallest absolute Gasteiger partial charge is 0.132 e. The first-order valence-corrected chi connectivity index (χ1v) is 9.64. The molecule has 1 aromatic heterocycles. The highest BCUT2D eigenvalue weighted by atomic mass is 31.0. The van der Waals surface area contributed by atoms with Gasteiger partial charge in [0.05, 0.1) is 0 Å². The summed E-state index contributed by atoms with van der Waals surface area (Å²) in [5.74, 6) is 1.24. The van der Waals surface area contributed by atoms with Crippen LogP contribution in [-0.4, -0.2) is 42.1 Å². The van der Waals surface area contributed by atoms with Crippen molar-refractivity contribution in [2.45, 2.75) is 31.7 Å². The SMILES string of the molecule is Pc1ccc(CCN2CCC(N3CCc4cccnc43)CC2)cc1. The van der Waals surface area contributed by atoms with Gasteiger partial charge >= 0.3 is 0 Å². The van der Waals surface area contributed by atoms with Crippen molar-refractivity contribution in [1.29, 1.82) is 0 Å². The summed E-state index contributed by atoms with van der Waals surface area (Å²) in [6.07, 6.45) is 6.78. The van der Waals surface area contributed by atoms with Gasteiger partial charge in [-0.25, -0.2) is 4.98 Å². The summed E-state index contributed by atoms with van der Waals surface area (Å²) in [6, 6.07) is 13.8. The minimum atomic E-state index is 0.675. The van der Waals surface area contributed by atoms with E-state index in [1.54, 1.807) is 0 Å². The number of nitrogens with zero attached hydrogens (tertiary/aromatic N) is 3. The first-order chi connectivity index (χ1) is 11.8. The first-order valence-electron chi connectivity index (χ1n) is 9.07. The molecule has 0 spiro atoms. The standard InChI is InChI=1S/C20H26N3P/c24-19-5-3-16(4-6-19)7-12-22-13-9-18(10-14-22)23-15-8-17-2-1-11-21-20(17)23/h1-6,11,18H,7-10,12-15,24H2. The molecule has 126 valence electrons. The lowest BCUT2D eigenvalue weighted by molar-refractivity contribution is 0.211. The topological polar surface area (TPSA) is 19.4 Å². The van der Waals surface area contributed by atoms with E-state index in [2.05, 4.69) is 60.4 Å². The zero-order valence-corrected chi connectivity index (χ0v) is 15.3. The highest BCUT2D eigenvalue weighted by Crippen LogP contribution is 2.30. The summed E-state index contributed by atoms with van der Waals surface area (Å²) in [7, 11) is 2.75. The largest absolute Gasteiger partial charge is 0.353 e. The minimum absolute atomic E-state index is 0.675. The summed E-state index contributed by atoms with van der Waals surface area (Å²) in [5.41, 5.74) is 2.87. The van der Waals surface area contributed by atoms with Gasteiger partial charge in [0.25, 0.3) is 0 Å². The van der Waals surface area contributed by atoms with Crippen LogP contribution in [-0.2, 0) is 12.8 Å². The number of likely N-dealkylation sites (tertiary alicyclic amines) is 1. The van der Waals surface area contributed by atoms with Crippen LogP contribution in [0.2, 0.25) is 0 Å². The molecule has 2 aromatic rings. The van der Waals surface area contributed by atoms with Crippen LogP contribution in [0, 0.1) is 0 Å². The van der Waals surface area contributed by atoms with E-state index in [1.807, 2.05) is 6.20 Å². The van der Waals surface area contributed by atoms with Gasteiger partial charge < -0.3 is 9.80 Å². The highest BCUT2D eigenvalue weighted by Gasteiger charge is 2.29. The van der Waals surface area contributed by atoms with Crippen molar-refractivity contribution >= 4 is 20.4 Å². The van der Waals surface area contributed by atoms with E-state index in [4.69, 9.17) is 0 Å². The van der Waals surface area contributed by atoms with E-state index in [0.717, 1.165) is 19.4 Å². The molecule has 0 N–H and O–H groups in total. The Morgan fingerprint density at radius 2 is 1.83 bits per heavy atom. The monoisotopic (exact) mass is 339 g/mol. The van der Waals surface area contributed by atoms with Crippen LogP contribution in [0.25, 0.3) is 0 Å². The van der Waals surface area contributed by atoms with Crippen LogP contribution in [0.4, 0.5) is 5.82 Å². The summed E-state index contributed by atoms with van der Waals surface area (Å²) in [5, 5.41) is 1.26. The Bertz CT molecular complexity index is 678. The molecule has 4 rings (SSSR count). The Balaban J connectivity index is 1.29. The van der Waals surface area contributed by atoms with E-state index in [1.165, 1.54) is 54.7 Å². The molecule has 1 atom stereocenters. The third-order valence-electron chi connectivity index (χ3n) is 5.46. The zero-order chi connectivity index (χ0) is 16.4. The first kappa shape index (κ1) is 16.1. The quantitative estimate of drug-likeness (QED) is 0.799. The van der Waals surface area contributed by atoms with E-state index in [-0.39, 0.29) is 0 Å². The molecule has 0 aliphatic carbocycles. The second-order valence-corrected chi connectivity index (χ2v) is 7.66. The number of benzene rings is 1. The molecule has 3 heterocycles. The fourth-order valence-electron chi connectivity index (χ4n) is 4.01. The van der Waals surface area contributed by atoms with Gasteiger partial charge in [-0.15, -0.1) is 9.24 Å². The van der Waals surface area contributed by atoms with E-state index < -0.39 is 0 Å². The van der Waals surface area contributed by atoms with Crippen LogP contribution in [0.3, 0.4) is 0 Å². The van der Waals surface area contributed by atoms with Gasteiger partial charge in [-0.3, -0.25) is 0 Å².